The van der Waals surface area contributed by atoms with Crippen molar-refractivity contribution < 1.29 is 19.1 Å². The smallest absolute Gasteiger partial charge is 0.220 e. The minimum atomic E-state index is -0.217. The van der Waals surface area contributed by atoms with Crippen LogP contribution >= 0.6 is 22.9 Å². The standard InChI is InChI=1S/C20H24ClNO4S/c1-12(2)26-16-7-5-14(11-17(16)25-4)13(3)22-20(24)10-6-15(23)18-8-9-19(21)27-18/h5,7-9,11-13H,6,10H2,1-4H3,(H,22,24). The summed E-state index contributed by atoms with van der Waals surface area (Å²) in [4.78, 5) is 24.8. The number of halogens is 1. The molecule has 7 heteroatoms. The summed E-state index contributed by atoms with van der Waals surface area (Å²) >= 11 is 7.06. The second-order valence-electron chi connectivity index (χ2n) is 6.39. The summed E-state index contributed by atoms with van der Waals surface area (Å²) in [5, 5.41) is 2.91. The molecule has 5 nitrogen and oxygen atoms in total. The van der Waals surface area contributed by atoms with Gasteiger partial charge < -0.3 is 14.8 Å². The molecule has 0 saturated heterocycles. The van der Waals surface area contributed by atoms with E-state index >= 15 is 0 Å². The fourth-order valence-corrected chi connectivity index (χ4v) is 3.53. The normalized spacial score (nSPS) is 11.9. The van der Waals surface area contributed by atoms with Gasteiger partial charge in [-0.15, -0.1) is 11.3 Å². The number of nitrogens with one attached hydrogen (secondary N) is 1. The number of rotatable bonds is 9. The lowest BCUT2D eigenvalue weighted by Gasteiger charge is -2.18. The van der Waals surface area contributed by atoms with E-state index < -0.39 is 0 Å². The van der Waals surface area contributed by atoms with Gasteiger partial charge in [-0.25, -0.2) is 0 Å². The lowest BCUT2D eigenvalue weighted by Crippen LogP contribution is -2.27. The van der Waals surface area contributed by atoms with Gasteiger partial charge in [-0.1, -0.05) is 17.7 Å². The minimum Gasteiger partial charge on any atom is -0.493 e. The summed E-state index contributed by atoms with van der Waals surface area (Å²) in [7, 11) is 1.58. The Bertz CT molecular complexity index is 803. The number of ether oxygens (including phenoxy) is 2. The summed E-state index contributed by atoms with van der Waals surface area (Å²) in [5.74, 6) is 1.02. The van der Waals surface area contributed by atoms with E-state index in [1.165, 1.54) is 11.3 Å². The fraction of sp³-hybridized carbons (Fsp3) is 0.400. The number of hydrogen-bond donors (Lipinski definition) is 1. The van der Waals surface area contributed by atoms with Crippen LogP contribution in [-0.2, 0) is 4.79 Å². The van der Waals surface area contributed by atoms with Crippen LogP contribution in [0.1, 0.15) is 54.9 Å². The van der Waals surface area contributed by atoms with Gasteiger partial charge >= 0.3 is 0 Å². The number of thiophene rings is 1. The Morgan fingerprint density at radius 1 is 1.11 bits per heavy atom. The van der Waals surface area contributed by atoms with Crippen LogP contribution in [0.15, 0.2) is 30.3 Å². The van der Waals surface area contributed by atoms with Crippen molar-refractivity contribution in [2.75, 3.05) is 7.11 Å². The zero-order valence-corrected chi connectivity index (χ0v) is 17.4. The zero-order chi connectivity index (χ0) is 20.0. The van der Waals surface area contributed by atoms with Gasteiger partial charge in [-0.05, 0) is 50.6 Å². The number of carbonyl (C=O) groups is 2. The lowest BCUT2D eigenvalue weighted by molar-refractivity contribution is -0.121. The molecule has 0 saturated carbocycles. The highest BCUT2D eigenvalue weighted by Gasteiger charge is 2.16. The quantitative estimate of drug-likeness (QED) is 0.589. The van der Waals surface area contributed by atoms with Crippen molar-refractivity contribution in [3.05, 3.63) is 45.1 Å². The zero-order valence-electron chi connectivity index (χ0n) is 15.9. The second kappa shape index (κ2) is 9.76. The first-order valence-corrected chi connectivity index (χ1v) is 9.92. The maximum absolute atomic E-state index is 12.2. The van der Waals surface area contributed by atoms with Crippen molar-refractivity contribution in [3.8, 4) is 11.5 Å². The molecule has 1 N–H and O–H groups in total. The molecule has 1 aromatic carbocycles. The SMILES string of the molecule is COc1cc(C(C)NC(=O)CCC(=O)c2ccc(Cl)s2)ccc1OC(C)C. The molecule has 1 heterocycles. The number of benzene rings is 1. The Kier molecular flexibility index (Phi) is 7.68. The van der Waals surface area contributed by atoms with Crippen LogP contribution < -0.4 is 14.8 Å². The molecule has 1 aromatic heterocycles. The summed E-state index contributed by atoms with van der Waals surface area (Å²) in [6, 6.07) is 8.72. The van der Waals surface area contributed by atoms with E-state index in [0.29, 0.717) is 20.7 Å². The van der Waals surface area contributed by atoms with Crippen LogP contribution in [0.25, 0.3) is 0 Å². The molecule has 0 aliphatic heterocycles. The monoisotopic (exact) mass is 409 g/mol. The largest absolute Gasteiger partial charge is 0.493 e. The summed E-state index contributed by atoms with van der Waals surface area (Å²) < 4.78 is 11.6. The number of Topliss-reactive ketones (excluding diaryl/α,β-unsaturated/α-hetero) is 1. The van der Waals surface area contributed by atoms with E-state index in [2.05, 4.69) is 5.32 Å². The number of ketones is 1. The summed E-state index contributed by atoms with van der Waals surface area (Å²) in [6.45, 7) is 5.78. The van der Waals surface area contributed by atoms with Crippen molar-refractivity contribution in [3.63, 3.8) is 0 Å². The molecular weight excluding hydrogens is 386 g/mol. The Balaban J connectivity index is 1.92. The van der Waals surface area contributed by atoms with Gasteiger partial charge in [0, 0.05) is 12.8 Å². The van der Waals surface area contributed by atoms with E-state index in [9.17, 15) is 9.59 Å². The summed E-state index contributed by atoms with van der Waals surface area (Å²) in [5.41, 5.74) is 0.896. The molecule has 1 unspecified atom stereocenters. The molecule has 0 bridgehead atoms. The van der Waals surface area contributed by atoms with Gasteiger partial charge in [0.15, 0.2) is 17.3 Å². The highest BCUT2D eigenvalue weighted by Crippen LogP contribution is 2.31. The Morgan fingerprint density at radius 3 is 2.44 bits per heavy atom. The lowest BCUT2D eigenvalue weighted by atomic mass is 10.1. The third-order valence-electron chi connectivity index (χ3n) is 3.85. The van der Waals surface area contributed by atoms with Gasteiger partial charge in [0.1, 0.15) is 0 Å². The molecule has 0 aliphatic rings. The van der Waals surface area contributed by atoms with Crippen molar-refractivity contribution in [1.29, 1.82) is 0 Å². The predicted octanol–water partition coefficient (Wildman–Crippen LogP) is 5.04. The van der Waals surface area contributed by atoms with Crippen LogP contribution in [0.5, 0.6) is 11.5 Å². The molecule has 0 radical (unpaired) electrons. The van der Waals surface area contributed by atoms with Gasteiger partial charge in [0.05, 0.1) is 28.5 Å². The molecule has 0 fully saturated rings. The van der Waals surface area contributed by atoms with E-state index in [0.717, 1.165) is 5.56 Å². The van der Waals surface area contributed by atoms with Gasteiger partial charge in [-0.2, -0.15) is 0 Å². The van der Waals surface area contributed by atoms with Crippen molar-refractivity contribution in [2.45, 2.75) is 45.8 Å². The van der Waals surface area contributed by atoms with Crippen LogP contribution in [0, 0.1) is 0 Å². The number of amides is 1. The average molecular weight is 410 g/mol. The van der Waals surface area contributed by atoms with Crippen LogP contribution in [0.4, 0.5) is 0 Å². The van der Waals surface area contributed by atoms with Crippen molar-refractivity contribution in [1.82, 2.24) is 5.32 Å². The molecule has 146 valence electrons. The van der Waals surface area contributed by atoms with Crippen molar-refractivity contribution in [2.24, 2.45) is 0 Å². The minimum absolute atomic E-state index is 0.0395. The molecule has 2 rings (SSSR count). The van der Waals surface area contributed by atoms with Gasteiger partial charge in [0.2, 0.25) is 5.91 Å². The Morgan fingerprint density at radius 2 is 1.85 bits per heavy atom. The number of carbonyl (C=O) groups excluding carboxylic acids is 2. The fourth-order valence-electron chi connectivity index (χ4n) is 2.52. The molecule has 27 heavy (non-hydrogen) atoms. The van der Waals surface area contributed by atoms with E-state index in [-0.39, 0.29) is 36.7 Å². The van der Waals surface area contributed by atoms with E-state index in [1.54, 1.807) is 19.2 Å². The summed E-state index contributed by atoms with van der Waals surface area (Å²) in [6.07, 6.45) is 0.321. The molecular formula is C20H24ClNO4S. The van der Waals surface area contributed by atoms with Crippen molar-refractivity contribution >= 4 is 34.6 Å². The van der Waals surface area contributed by atoms with Gasteiger partial charge in [-0.3, -0.25) is 9.59 Å². The van der Waals surface area contributed by atoms with Crippen LogP contribution in [0.3, 0.4) is 0 Å². The second-order valence-corrected chi connectivity index (χ2v) is 8.11. The Labute approximate surface area is 168 Å². The maximum atomic E-state index is 12.2. The average Bonchev–Trinajstić information content (AvgIpc) is 3.06. The van der Waals surface area contributed by atoms with E-state index in [1.807, 2.05) is 39.0 Å². The molecule has 2 aromatic rings. The third-order valence-corrected chi connectivity index (χ3v) is 5.13. The topological polar surface area (TPSA) is 64.6 Å². The first-order valence-electron chi connectivity index (χ1n) is 8.72. The van der Waals surface area contributed by atoms with Crippen LogP contribution in [0.2, 0.25) is 4.34 Å². The third kappa shape index (κ3) is 6.26. The highest BCUT2D eigenvalue weighted by atomic mass is 35.5. The first-order chi connectivity index (χ1) is 12.8. The highest BCUT2D eigenvalue weighted by molar-refractivity contribution is 7.18. The molecule has 1 amide bonds. The predicted molar refractivity (Wildman–Crippen MR) is 108 cm³/mol. The van der Waals surface area contributed by atoms with Crippen LogP contribution in [-0.4, -0.2) is 24.9 Å². The molecule has 0 aliphatic carbocycles. The number of methoxy groups -OCH3 is 1. The molecule has 1 atom stereocenters. The van der Waals surface area contributed by atoms with E-state index in [4.69, 9.17) is 21.1 Å². The maximum Gasteiger partial charge on any atom is 0.220 e. The number of hydrogen-bond acceptors (Lipinski definition) is 5. The Hall–Kier alpha value is -2.05. The van der Waals surface area contributed by atoms with Gasteiger partial charge in [0.25, 0.3) is 0 Å². The first kappa shape index (κ1) is 21.3. The molecule has 0 spiro atoms.